The highest BCUT2D eigenvalue weighted by Gasteiger charge is 2.25. The van der Waals surface area contributed by atoms with E-state index in [1.54, 1.807) is 18.2 Å². The van der Waals surface area contributed by atoms with Gasteiger partial charge in [-0.25, -0.2) is 9.18 Å². The van der Waals surface area contributed by atoms with Crippen molar-refractivity contribution in [3.8, 4) is 5.75 Å². The molecule has 1 heterocycles. The molecule has 0 radical (unpaired) electrons. The number of halogens is 3. The minimum Gasteiger partial charge on any atom is -0.488 e. The molecule has 1 aliphatic heterocycles. The lowest BCUT2D eigenvalue weighted by atomic mass is 10.2. The number of carbonyl (C=O) groups is 2. The van der Waals surface area contributed by atoms with Gasteiger partial charge in [0.15, 0.2) is 5.17 Å². The number of nitrogens with one attached hydrogen (secondary N) is 1. The number of esters is 1. The molecule has 0 bridgehead atoms. The van der Waals surface area contributed by atoms with Gasteiger partial charge in [-0.05, 0) is 42.1 Å². The number of amidine groups is 1. The Morgan fingerprint density at radius 2 is 2.06 bits per heavy atom. The van der Waals surface area contributed by atoms with Crippen LogP contribution in [0.4, 0.5) is 4.39 Å². The van der Waals surface area contributed by atoms with Crippen molar-refractivity contribution in [3.63, 3.8) is 0 Å². The van der Waals surface area contributed by atoms with Gasteiger partial charge >= 0.3 is 5.97 Å². The van der Waals surface area contributed by atoms with Crippen LogP contribution in [-0.4, -0.2) is 30.4 Å². The Hall–Kier alpha value is -2.88. The summed E-state index contributed by atoms with van der Waals surface area (Å²) in [6.07, 6.45) is 2.46. The van der Waals surface area contributed by atoms with Gasteiger partial charge in [0, 0.05) is 22.2 Å². The lowest BCUT2D eigenvalue weighted by Crippen LogP contribution is -2.19. The van der Waals surface area contributed by atoms with Gasteiger partial charge in [0.1, 0.15) is 18.2 Å². The van der Waals surface area contributed by atoms with Gasteiger partial charge in [-0.2, -0.15) is 5.10 Å². The van der Waals surface area contributed by atoms with Gasteiger partial charge < -0.3 is 9.47 Å². The third kappa shape index (κ3) is 6.30. The fraction of sp³-hybridized carbons (Fsp3) is 0.100. The molecule has 1 saturated heterocycles. The van der Waals surface area contributed by atoms with Crippen molar-refractivity contribution in [2.24, 2.45) is 10.2 Å². The molecule has 2 aromatic carbocycles. The number of ether oxygens (including phenoxy) is 2. The van der Waals surface area contributed by atoms with Crippen LogP contribution >= 0.6 is 35.0 Å². The molecule has 0 atom stereocenters. The molecule has 2 aromatic rings. The highest BCUT2D eigenvalue weighted by molar-refractivity contribution is 8.18. The van der Waals surface area contributed by atoms with E-state index < -0.39 is 17.7 Å². The van der Waals surface area contributed by atoms with Crippen molar-refractivity contribution in [1.29, 1.82) is 0 Å². The zero-order valence-corrected chi connectivity index (χ0v) is 18.2. The number of carbonyl (C=O) groups excluding carboxylic acids is 2. The minimum atomic E-state index is -0.649. The van der Waals surface area contributed by atoms with Crippen LogP contribution in [-0.2, 0) is 20.9 Å². The van der Waals surface area contributed by atoms with Crippen molar-refractivity contribution >= 4 is 58.2 Å². The summed E-state index contributed by atoms with van der Waals surface area (Å²) in [6.45, 7) is 0.101. The zero-order valence-electron chi connectivity index (χ0n) is 15.9. The maximum atomic E-state index is 13.2. The summed E-state index contributed by atoms with van der Waals surface area (Å²) in [4.78, 5) is 23.2. The van der Waals surface area contributed by atoms with Gasteiger partial charge in [-0.3, -0.25) is 10.1 Å². The Labute approximate surface area is 190 Å². The molecule has 7 nitrogen and oxygen atoms in total. The Kier molecular flexibility index (Phi) is 7.67. The topological polar surface area (TPSA) is 89.3 Å². The van der Waals surface area contributed by atoms with E-state index in [2.05, 4.69) is 20.3 Å². The molecule has 31 heavy (non-hydrogen) atoms. The van der Waals surface area contributed by atoms with Crippen LogP contribution in [0.1, 0.15) is 11.1 Å². The highest BCUT2D eigenvalue weighted by atomic mass is 35.5. The largest absolute Gasteiger partial charge is 0.488 e. The van der Waals surface area contributed by atoms with Crippen LogP contribution in [0.2, 0.25) is 10.0 Å². The first-order valence-electron chi connectivity index (χ1n) is 8.62. The maximum absolute atomic E-state index is 13.2. The van der Waals surface area contributed by atoms with Crippen LogP contribution in [0.25, 0.3) is 0 Å². The van der Waals surface area contributed by atoms with Crippen LogP contribution < -0.4 is 10.1 Å². The van der Waals surface area contributed by atoms with E-state index in [0.29, 0.717) is 21.9 Å². The van der Waals surface area contributed by atoms with E-state index in [1.165, 1.54) is 31.5 Å². The predicted molar refractivity (Wildman–Crippen MR) is 118 cm³/mol. The van der Waals surface area contributed by atoms with Crippen molar-refractivity contribution in [3.05, 3.63) is 74.4 Å². The van der Waals surface area contributed by atoms with Crippen molar-refractivity contribution in [2.45, 2.75) is 6.61 Å². The van der Waals surface area contributed by atoms with Crippen LogP contribution in [0.5, 0.6) is 5.75 Å². The predicted octanol–water partition coefficient (Wildman–Crippen LogP) is 4.32. The third-order valence-corrected chi connectivity index (χ3v) is 5.30. The number of nitrogens with zero attached hydrogens (tertiary/aromatic N) is 2. The molecule has 0 unspecified atom stereocenters. The normalized spacial score (nSPS) is 16.2. The Morgan fingerprint density at radius 3 is 2.81 bits per heavy atom. The van der Waals surface area contributed by atoms with Crippen LogP contribution in [0.3, 0.4) is 0 Å². The SMILES string of the molecule is COC(=O)/C=C1/S/C(=N\N=Cc2cc(Cl)ccc2OCc2ccc(F)cc2Cl)NC1=O. The fourth-order valence-corrected chi connectivity index (χ4v) is 3.47. The number of benzene rings is 2. The monoisotopic (exact) mass is 481 g/mol. The number of methoxy groups -OCH3 is 1. The fourth-order valence-electron chi connectivity index (χ4n) is 2.33. The number of hydrogen-bond donors (Lipinski definition) is 1. The smallest absolute Gasteiger partial charge is 0.331 e. The van der Waals surface area contributed by atoms with Gasteiger partial charge in [-0.15, -0.1) is 5.10 Å². The van der Waals surface area contributed by atoms with E-state index in [1.807, 2.05) is 0 Å². The molecule has 3 rings (SSSR count). The number of rotatable bonds is 6. The summed E-state index contributed by atoms with van der Waals surface area (Å²) < 4.78 is 23.5. The number of thioether (sulfide) groups is 1. The van der Waals surface area contributed by atoms with Gasteiger partial charge in [0.2, 0.25) is 0 Å². The molecule has 1 N–H and O–H groups in total. The molecule has 0 aliphatic carbocycles. The second-order valence-electron chi connectivity index (χ2n) is 5.94. The first-order chi connectivity index (χ1) is 14.9. The van der Waals surface area contributed by atoms with Crippen LogP contribution in [0, 0.1) is 5.82 Å². The Balaban J connectivity index is 1.73. The molecule has 0 aromatic heterocycles. The zero-order chi connectivity index (χ0) is 22.4. The third-order valence-electron chi connectivity index (χ3n) is 3.82. The van der Waals surface area contributed by atoms with E-state index in [0.717, 1.165) is 17.8 Å². The Bertz CT molecular complexity index is 1120. The highest BCUT2D eigenvalue weighted by Crippen LogP contribution is 2.26. The standard InChI is InChI=1S/C20H14Cl2FN3O4S/c1-29-18(27)8-17-19(28)25-20(31-17)26-24-9-12-6-13(21)3-5-16(12)30-10-11-2-4-14(23)7-15(11)22/h2-9H,10H2,1H3,(H,25,26,28)/b17-8+,24-9?. The Morgan fingerprint density at radius 1 is 1.26 bits per heavy atom. The molecule has 160 valence electrons. The van der Waals surface area contributed by atoms with Gasteiger partial charge in [0.05, 0.1) is 23.3 Å². The summed E-state index contributed by atoms with van der Waals surface area (Å²) in [7, 11) is 1.21. The molecule has 1 amide bonds. The second kappa shape index (κ2) is 10.4. The summed E-state index contributed by atoms with van der Waals surface area (Å²) in [6, 6.07) is 8.95. The van der Waals surface area contributed by atoms with E-state index in [9.17, 15) is 14.0 Å². The molecule has 1 fully saturated rings. The summed E-state index contributed by atoms with van der Waals surface area (Å²) in [5, 5.41) is 11.3. The van der Waals surface area contributed by atoms with Gasteiger partial charge in [-0.1, -0.05) is 29.3 Å². The molecule has 0 saturated carbocycles. The molecule has 11 heteroatoms. The van der Waals surface area contributed by atoms with Crippen molar-refractivity contribution in [2.75, 3.05) is 7.11 Å². The quantitative estimate of drug-likeness (QED) is 0.287. The van der Waals surface area contributed by atoms with Gasteiger partial charge in [0.25, 0.3) is 5.91 Å². The minimum absolute atomic E-state index is 0.101. The lowest BCUT2D eigenvalue weighted by molar-refractivity contribution is -0.135. The lowest BCUT2D eigenvalue weighted by Gasteiger charge is -2.10. The van der Waals surface area contributed by atoms with E-state index in [-0.39, 0.29) is 21.7 Å². The molecule has 0 spiro atoms. The molecular weight excluding hydrogens is 468 g/mol. The molecule has 1 aliphatic rings. The van der Waals surface area contributed by atoms with Crippen molar-refractivity contribution in [1.82, 2.24) is 5.32 Å². The average molecular weight is 482 g/mol. The van der Waals surface area contributed by atoms with E-state index in [4.69, 9.17) is 27.9 Å². The van der Waals surface area contributed by atoms with Crippen molar-refractivity contribution < 1.29 is 23.5 Å². The summed E-state index contributed by atoms with van der Waals surface area (Å²) in [5.74, 6) is -1.12. The number of amides is 1. The first kappa shape index (κ1) is 22.8. The average Bonchev–Trinajstić information content (AvgIpc) is 3.07. The maximum Gasteiger partial charge on any atom is 0.331 e. The summed E-state index contributed by atoms with van der Waals surface area (Å²) in [5.41, 5.74) is 1.13. The van der Waals surface area contributed by atoms with Crippen LogP contribution in [0.15, 0.2) is 57.6 Å². The summed E-state index contributed by atoms with van der Waals surface area (Å²) >= 11 is 13.0. The van der Waals surface area contributed by atoms with E-state index >= 15 is 0 Å². The number of hydrogen-bond acceptors (Lipinski definition) is 7. The second-order valence-corrected chi connectivity index (χ2v) is 7.82. The molecular formula is C20H14Cl2FN3O4S. The first-order valence-corrected chi connectivity index (χ1v) is 10.2.